The predicted molar refractivity (Wildman–Crippen MR) is 87.9 cm³/mol. The highest BCUT2D eigenvalue weighted by molar-refractivity contribution is 7.09. The molecule has 4 heterocycles. The number of hydrogen-bond donors (Lipinski definition) is 1. The maximum Gasteiger partial charge on any atom is 0.119 e. The van der Waals surface area contributed by atoms with Crippen LogP contribution in [-0.4, -0.2) is 27.6 Å². The van der Waals surface area contributed by atoms with Crippen molar-refractivity contribution in [2.24, 2.45) is 0 Å². The molecule has 3 aromatic rings. The van der Waals surface area contributed by atoms with Crippen LogP contribution in [0.1, 0.15) is 10.6 Å². The van der Waals surface area contributed by atoms with Crippen LogP contribution in [0.25, 0.3) is 11.3 Å². The van der Waals surface area contributed by atoms with Crippen LogP contribution in [0.5, 0.6) is 0 Å². The number of hydrogen-bond acceptors (Lipinski definition) is 6. The van der Waals surface area contributed by atoms with Crippen LogP contribution >= 0.6 is 22.7 Å². The summed E-state index contributed by atoms with van der Waals surface area (Å²) in [4.78, 5) is 1.34. The zero-order chi connectivity index (χ0) is 14.8. The molecule has 0 radical (unpaired) electrons. The van der Waals surface area contributed by atoms with Crippen molar-refractivity contribution >= 4 is 22.7 Å². The summed E-state index contributed by atoms with van der Waals surface area (Å²) < 4.78 is 7.94. The zero-order valence-corrected chi connectivity index (χ0v) is 13.6. The van der Waals surface area contributed by atoms with E-state index >= 15 is 0 Å². The molecule has 1 aliphatic rings. The van der Waals surface area contributed by atoms with Crippen LogP contribution in [-0.2, 0) is 24.4 Å². The quantitative estimate of drug-likeness (QED) is 0.780. The lowest BCUT2D eigenvalue weighted by Gasteiger charge is -2.24. The van der Waals surface area contributed by atoms with Gasteiger partial charge in [-0.3, -0.25) is 0 Å². The molecule has 1 N–H and O–H groups in total. The zero-order valence-electron chi connectivity index (χ0n) is 11.9. The van der Waals surface area contributed by atoms with Gasteiger partial charge in [-0.1, -0.05) is 11.3 Å². The van der Waals surface area contributed by atoms with Gasteiger partial charge in [0.05, 0.1) is 24.9 Å². The molecule has 3 aromatic heterocycles. The standard InChI is InChI=1S/C15H16N4OS2/c1-2-13(22-4-1)7-16-6-12-8-19-14(9-20-12)15(17-18-19)11-3-5-21-10-11/h1-5,10,12,16H,6-9H2. The Morgan fingerprint density at radius 3 is 3.18 bits per heavy atom. The summed E-state index contributed by atoms with van der Waals surface area (Å²) in [5.74, 6) is 0. The molecule has 7 heteroatoms. The lowest BCUT2D eigenvalue weighted by molar-refractivity contribution is 0.00128. The minimum atomic E-state index is 0.143. The van der Waals surface area contributed by atoms with Crippen LogP contribution in [0, 0.1) is 0 Å². The average molecular weight is 332 g/mol. The lowest BCUT2D eigenvalue weighted by atomic mass is 10.2. The van der Waals surface area contributed by atoms with Crippen molar-refractivity contribution in [1.82, 2.24) is 20.3 Å². The van der Waals surface area contributed by atoms with Crippen LogP contribution in [0.2, 0.25) is 0 Å². The summed E-state index contributed by atoms with van der Waals surface area (Å²) >= 11 is 3.44. The Labute approximate surface area is 136 Å². The number of nitrogens with zero attached hydrogens (tertiary/aromatic N) is 3. The summed E-state index contributed by atoms with van der Waals surface area (Å²) in [7, 11) is 0. The van der Waals surface area contributed by atoms with Crippen LogP contribution in [0.15, 0.2) is 34.3 Å². The Bertz CT molecular complexity index is 721. The van der Waals surface area contributed by atoms with E-state index in [4.69, 9.17) is 4.74 Å². The first-order chi connectivity index (χ1) is 10.9. The maximum atomic E-state index is 5.96. The molecule has 0 saturated heterocycles. The van der Waals surface area contributed by atoms with E-state index in [1.165, 1.54) is 4.88 Å². The number of ether oxygens (including phenoxy) is 1. The van der Waals surface area contributed by atoms with Crippen molar-refractivity contribution in [2.45, 2.75) is 25.8 Å². The van der Waals surface area contributed by atoms with Gasteiger partial charge in [-0.25, -0.2) is 4.68 Å². The van der Waals surface area contributed by atoms with Gasteiger partial charge in [0, 0.05) is 28.9 Å². The molecule has 1 unspecified atom stereocenters. The molecule has 1 atom stereocenters. The van der Waals surface area contributed by atoms with E-state index in [-0.39, 0.29) is 6.10 Å². The van der Waals surface area contributed by atoms with Gasteiger partial charge in [0.1, 0.15) is 5.69 Å². The Morgan fingerprint density at radius 2 is 2.36 bits per heavy atom. The van der Waals surface area contributed by atoms with E-state index in [2.05, 4.69) is 50.0 Å². The van der Waals surface area contributed by atoms with Crippen molar-refractivity contribution < 1.29 is 4.74 Å². The first kappa shape index (κ1) is 14.1. The molecule has 22 heavy (non-hydrogen) atoms. The number of thiophene rings is 2. The van der Waals surface area contributed by atoms with Crippen LogP contribution in [0.3, 0.4) is 0 Å². The average Bonchev–Trinajstić information content (AvgIpc) is 3.28. The third-order valence-electron chi connectivity index (χ3n) is 3.72. The summed E-state index contributed by atoms with van der Waals surface area (Å²) in [5, 5.41) is 18.3. The molecule has 0 bridgehead atoms. The molecule has 0 amide bonds. The highest BCUT2D eigenvalue weighted by atomic mass is 32.1. The Morgan fingerprint density at radius 1 is 1.36 bits per heavy atom. The molecule has 114 valence electrons. The van der Waals surface area contributed by atoms with E-state index in [0.29, 0.717) is 6.61 Å². The Hall–Kier alpha value is -1.54. The van der Waals surface area contributed by atoms with Crippen molar-refractivity contribution in [3.8, 4) is 11.3 Å². The second kappa shape index (κ2) is 6.29. The summed E-state index contributed by atoms with van der Waals surface area (Å²) in [6, 6.07) is 6.29. The van der Waals surface area contributed by atoms with Gasteiger partial charge in [0.15, 0.2) is 0 Å². The number of aromatic nitrogens is 3. The molecular formula is C15H16N4OS2. The Balaban J connectivity index is 1.38. The molecule has 0 aliphatic carbocycles. The van der Waals surface area contributed by atoms with Gasteiger partial charge in [0.25, 0.3) is 0 Å². The normalized spacial score (nSPS) is 17.5. The van der Waals surface area contributed by atoms with Crippen LogP contribution in [0.4, 0.5) is 0 Å². The summed E-state index contributed by atoms with van der Waals surface area (Å²) in [6.45, 7) is 3.04. The van der Waals surface area contributed by atoms with E-state index in [9.17, 15) is 0 Å². The predicted octanol–water partition coefficient (Wildman–Crippen LogP) is 2.76. The first-order valence-corrected chi connectivity index (χ1v) is 9.02. The topological polar surface area (TPSA) is 52.0 Å². The molecular weight excluding hydrogens is 316 g/mol. The van der Waals surface area contributed by atoms with E-state index in [0.717, 1.165) is 36.6 Å². The third-order valence-corrected chi connectivity index (χ3v) is 5.28. The molecule has 1 aliphatic heterocycles. The second-order valence-corrected chi connectivity index (χ2v) is 7.03. The van der Waals surface area contributed by atoms with Gasteiger partial charge in [0.2, 0.25) is 0 Å². The SMILES string of the molecule is c1csc(CNCC2Cn3nnc(-c4ccsc4)c3CO2)c1. The molecule has 0 fully saturated rings. The number of nitrogens with one attached hydrogen (secondary N) is 1. The summed E-state index contributed by atoms with van der Waals surface area (Å²) in [5.41, 5.74) is 3.16. The lowest BCUT2D eigenvalue weighted by Crippen LogP contribution is -2.36. The minimum Gasteiger partial charge on any atom is -0.369 e. The van der Waals surface area contributed by atoms with E-state index in [1.54, 1.807) is 22.7 Å². The Kier molecular flexibility index (Phi) is 4.03. The molecule has 0 saturated carbocycles. The van der Waals surface area contributed by atoms with E-state index < -0.39 is 0 Å². The van der Waals surface area contributed by atoms with Gasteiger partial charge in [-0.15, -0.1) is 16.4 Å². The van der Waals surface area contributed by atoms with Gasteiger partial charge in [-0.2, -0.15) is 11.3 Å². The summed E-state index contributed by atoms with van der Waals surface area (Å²) in [6.07, 6.45) is 0.143. The number of rotatable bonds is 5. The fourth-order valence-electron chi connectivity index (χ4n) is 2.58. The highest BCUT2D eigenvalue weighted by Crippen LogP contribution is 2.26. The molecule has 0 spiro atoms. The largest absolute Gasteiger partial charge is 0.369 e. The van der Waals surface area contributed by atoms with Crippen molar-refractivity contribution in [3.05, 3.63) is 44.9 Å². The van der Waals surface area contributed by atoms with Crippen LogP contribution < -0.4 is 5.32 Å². The highest BCUT2D eigenvalue weighted by Gasteiger charge is 2.24. The van der Waals surface area contributed by atoms with Gasteiger partial charge >= 0.3 is 0 Å². The maximum absolute atomic E-state index is 5.96. The minimum absolute atomic E-state index is 0.143. The first-order valence-electron chi connectivity index (χ1n) is 7.20. The number of fused-ring (bicyclic) bond motifs is 1. The fourth-order valence-corrected chi connectivity index (χ4v) is 3.90. The fraction of sp³-hybridized carbons (Fsp3) is 0.333. The molecule has 4 rings (SSSR count). The van der Waals surface area contributed by atoms with Crippen molar-refractivity contribution in [2.75, 3.05) is 6.54 Å². The van der Waals surface area contributed by atoms with E-state index in [1.807, 2.05) is 4.68 Å². The van der Waals surface area contributed by atoms with Gasteiger partial charge in [-0.05, 0) is 22.9 Å². The van der Waals surface area contributed by atoms with Crippen molar-refractivity contribution in [3.63, 3.8) is 0 Å². The second-order valence-electron chi connectivity index (χ2n) is 5.22. The van der Waals surface area contributed by atoms with Crippen molar-refractivity contribution in [1.29, 1.82) is 0 Å². The molecule has 0 aromatic carbocycles. The molecule has 5 nitrogen and oxygen atoms in total. The smallest absolute Gasteiger partial charge is 0.119 e. The van der Waals surface area contributed by atoms with Gasteiger partial charge < -0.3 is 10.1 Å². The monoisotopic (exact) mass is 332 g/mol. The third kappa shape index (κ3) is 2.85.